The number of nitrogens with zero attached hydrogens (tertiary/aromatic N) is 3. The van der Waals surface area contributed by atoms with Gasteiger partial charge in [-0.25, -0.2) is 0 Å². The van der Waals surface area contributed by atoms with Gasteiger partial charge in [-0.15, -0.1) is 0 Å². The van der Waals surface area contributed by atoms with Crippen molar-refractivity contribution in [1.82, 2.24) is 15.0 Å². The second kappa shape index (κ2) is 8.39. The topological polar surface area (TPSA) is 62.7 Å². The molecule has 134 valence electrons. The predicted octanol–water partition coefficient (Wildman–Crippen LogP) is 6.96. The average molecular weight is 583 g/mol. The van der Waals surface area contributed by atoms with Crippen molar-refractivity contribution in [2.45, 2.75) is 2.14 Å². The molecule has 2 aromatic carbocycles. The van der Waals surface area contributed by atoms with E-state index in [1.807, 2.05) is 24.3 Å². The Labute approximate surface area is 185 Å². The van der Waals surface area contributed by atoms with Crippen LogP contribution in [0.1, 0.15) is 5.82 Å². The fourth-order valence-corrected chi connectivity index (χ4v) is 2.72. The zero-order chi connectivity index (χ0) is 18.7. The summed E-state index contributed by atoms with van der Waals surface area (Å²) in [7, 11) is 0. The van der Waals surface area contributed by atoms with Gasteiger partial charge in [0.25, 0.3) is 0 Å². The highest BCUT2D eigenvalue weighted by Gasteiger charge is 2.26. The molecule has 0 saturated carbocycles. The van der Waals surface area contributed by atoms with E-state index in [-0.39, 0.29) is 0 Å². The Kier molecular flexibility index (Phi) is 6.40. The number of hydrogen-bond acceptors (Lipinski definition) is 5. The van der Waals surface area contributed by atoms with Crippen molar-refractivity contribution in [1.29, 1.82) is 0 Å². The number of hydrogen-bond donors (Lipinski definition) is 2. The van der Waals surface area contributed by atoms with Gasteiger partial charge >= 0.3 is 0 Å². The molecule has 5 nitrogen and oxygen atoms in total. The summed E-state index contributed by atoms with van der Waals surface area (Å²) in [6, 6.07) is 14.5. The number of alkyl halides is 3. The van der Waals surface area contributed by atoms with Crippen LogP contribution in [-0.4, -0.2) is 15.0 Å². The first-order chi connectivity index (χ1) is 12.3. The summed E-state index contributed by atoms with van der Waals surface area (Å²) in [6.07, 6.45) is 0. The molecular formula is C16H10Br3Cl2N5. The highest BCUT2D eigenvalue weighted by molar-refractivity contribution is 9.38. The fraction of sp³-hybridized carbons (Fsp3) is 0.0625. The summed E-state index contributed by atoms with van der Waals surface area (Å²) in [6.45, 7) is 0. The highest BCUT2D eigenvalue weighted by atomic mass is 80.0. The van der Waals surface area contributed by atoms with E-state index >= 15 is 0 Å². The van der Waals surface area contributed by atoms with Gasteiger partial charge in [0, 0.05) is 21.4 Å². The molecule has 0 spiro atoms. The van der Waals surface area contributed by atoms with Gasteiger partial charge in [-0.05, 0) is 48.5 Å². The number of rotatable bonds is 4. The van der Waals surface area contributed by atoms with Crippen molar-refractivity contribution < 1.29 is 0 Å². The third kappa shape index (κ3) is 5.53. The van der Waals surface area contributed by atoms with E-state index in [1.54, 1.807) is 24.3 Å². The molecule has 10 heteroatoms. The summed E-state index contributed by atoms with van der Waals surface area (Å²) in [5.41, 5.74) is 1.60. The van der Waals surface area contributed by atoms with E-state index in [2.05, 4.69) is 73.4 Å². The van der Waals surface area contributed by atoms with Crippen LogP contribution in [0, 0.1) is 0 Å². The molecular weight excluding hydrogens is 573 g/mol. The number of halogens is 5. The van der Waals surface area contributed by atoms with Gasteiger partial charge in [0.05, 0.1) is 0 Å². The molecule has 0 aliphatic heterocycles. The largest absolute Gasteiger partial charge is 0.324 e. The van der Waals surface area contributed by atoms with Gasteiger partial charge in [-0.2, -0.15) is 15.0 Å². The van der Waals surface area contributed by atoms with Gasteiger partial charge in [0.15, 0.2) is 7.97 Å². The standard InChI is InChI=1S/C16H10Br3Cl2N5/c17-16(18,19)13-24-14(22-11-5-1-9(20)2-6-11)26-15(25-13)23-12-7-3-10(21)4-8-12/h1-8H,(H2,22,23,24,25,26). The van der Waals surface area contributed by atoms with Gasteiger partial charge in [0.2, 0.25) is 11.9 Å². The molecule has 0 bridgehead atoms. The predicted molar refractivity (Wildman–Crippen MR) is 118 cm³/mol. The monoisotopic (exact) mass is 579 g/mol. The number of nitrogens with one attached hydrogen (secondary N) is 2. The number of benzene rings is 2. The van der Waals surface area contributed by atoms with Crippen LogP contribution in [0.5, 0.6) is 0 Å². The average Bonchev–Trinajstić information content (AvgIpc) is 2.58. The summed E-state index contributed by atoms with van der Waals surface area (Å²) < 4.78 is -0.789. The highest BCUT2D eigenvalue weighted by Crippen LogP contribution is 2.43. The van der Waals surface area contributed by atoms with E-state index in [0.717, 1.165) is 11.4 Å². The van der Waals surface area contributed by atoms with Crippen LogP contribution in [-0.2, 0) is 2.14 Å². The van der Waals surface area contributed by atoms with Gasteiger partial charge < -0.3 is 10.6 Å². The van der Waals surface area contributed by atoms with Crippen molar-refractivity contribution in [3.8, 4) is 0 Å². The zero-order valence-electron chi connectivity index (χ0n) is 12.9. The summed E-state index contributed by atoms with van der Waals surface area (Å²) >= 11 is 22.1. The molecule has 26 heavy (non-hydrogen) atoms. The molecule has 0 atom stereocenters. The maximum absolute atomic E-state index is 5.92. The van der Waals surface area contributed by atoms with Crippen molar-refractivity contribution in [3.05, 3.63) is 64.4 Å². The molecule has 0 unspecified atom stereocenters. The molecule has 1 aromatic heterocycles. The summed E-state index contributed by atoms with van der Waals surface area (Å²) in [4.78, 5) is 13.2. The molecule has 2 N–H and O–H groups in total. The van der Waals surface area contributed by atoms with Crippen LogP contribution in [0.4, 0.5) is 23.3 Å². The first-order valence-corrected chi connectivity index (χ1v) is 10.3. The van der Waals surface area contributed by atoms with Gasteiger partial charge in [-0.1, -0.05) is 71.0 Å². The molecule has 0 radical (unpaired) electrons. The quantitative estimate of drug-likeness (QED) is 0.326. The maximum atomic E-state index is 5.92. The van der Waals surface area contributed by atoms with E-state index in [1.165, 1.54) is 0 Å². The molecule has 3 rings (SSSR count). The van der Waals surface area contributed by atoms with Crippen LogP contribution >= 0.6 is 71.0 Å². The third-order valence-electron chi connectivity index (χ3n) is 3.09. The Morgan fingerprint density at radius 1 is 0.654 bits per heavy atom. The van der Waals surface area contributed by atoms with Crippen LogP contribution in [0.15, 0.2) is 48.5 Å². The second-order valence-corrected chi connectivity index (χ2v) is 12.7. The normalized spacial score (nSPS) is 11.3. The summed E-state index contributed by atoms with van der Waals surface area (Å²) in [5, 5.41) is 7.57. The van der Waals surface area contributed by atoms with Crippen LogP contribution < -0.4 is 10.6 Å². The number of anilines is 4. The van der Waals surface area contributed by atoms with Crippen LogP contribution in [0.25, 0.3) is 0 Å². The van der Waals surface area contributed by atoms with E-state index in [9.17, 15) is 0 Å². The van der Waals surface area contributed by atoms with Crippen molar-refractivity contribution in [3.63, 3.8) is 0 Å². The first-order valence-electron chi connectivity index (χ1n) is 7.18. The fourth-order valence-electron chi connectivity index (χ4n) is 1.94. The molecule has 0 amide bonds. The zero-order valence-corrected chi connectivity index (χ0v) is 19.1. The minimum Gasteiger partial charge on any atom is -0.324 e. The van der Waals surface area contributed by atoms with Gasteiger partial charge in [0.1, 0.15) is 0 Å². The lowest BCUT2D eigenvalue weighted by Crippen LogP contribution is -2.12. The minimum atomic E-state index is -0.789. The Morgan fingerprint density at radius 3 is 1.38 bits per heavy atom. The van der Waals surface area contributed by atoms with Gasteiger partial charge in [-0.3, -0.25) is 0 Å². The molecule has 0 saturated heterocycles. The van der Waals surface area contributed by atoms with Crippen molar-refractivity contribution in [2.75, 3.05) is 10.6 Å². The third-order valence-corrected chi connectivity index (χ3v) is 4.66. The minimum absolute atomic E-state index is 0.372. The van der Waals surface area contributed by atoms with E-state index in [4.69, 9.17) is 23.2 Å². The SMILES string of the molecule is Clc1ccc(Nc2nc(Nc3ccc(Cl)cc3)nc(C(Br)(Br)Br)n2)cc1. The molecule has 0 aliphatic rings. The Bertz CT molecular complexity index is 834. The molecule has 1 heterocycles. The smallest absolute Gasteiger partial charge is 0.232 e. The molecule has 3 aromatic rings. The lowest BCUT2D eigenvalue weighted by Gasteiger charge is -2.14. The number of aromatic nitrogens is 3. The van der Waals surface area contributed by atoms with Crippen molar-refractivity contribution in [2.24, 2.45) is 0 Å². The van der Waals surface area contributed by atoms with E-state index in [0.29, 0.717) is 27.8 Å². The van der Waals surface area contributed by atoms with E-state index < -0.39 is 2.14 Å². The van der Waals surface area contributed by atoms with Crippen LogP contribution in [0.2, 0.25) is 10.0 Å². The molecule has 0 fully saturated rings. The lowest BCUT2D eigenvalue weighted by atomic mass is 10.3. The second-order valence-electron chi connectivity index (χ2n) is 5.07. The molecule has 0 aliphatic carbocycles. The maximum Gasteiger partial charge on any atom is 0.232 e. The Balaban J connectivity index is 1.93. The lowest BCUT2D eigenvalue weighted by molar-refractivity contribution is 0.965. The summed E-state index contributed by atoms with van der Waals surface area (Å²) in [5.74, 6) is 1.17. The Hall–Kier alpha value is -0.930. The van der Waals surface area contributed by atoms with Crippen molar-refractivity contribution >= 4 is 94.3 Å². The Morgan fingerprint density at radius 2 is 1.04 bits per heavy atom. The van der Waals surface area contributed by atoms with Crippen LogP contribution in [0.3, 0.4) is 0 Å². The first kappa shape index (κ1) is 19.8.